The van der Waals surface area contributed by atoms with Crippen molar-refractivity contribution < 1.29 is 14.4 Å². The minimum absolute atomic E-state index is 0.239. The molecule has 3 rings (SSSR count). The van der Waals surface area contributed by atoms with Crippen LogP contribution in [-0.2, 0) is 20.4 Å². The van der Waals surface area contributed by atoms with Crippen LogP contribution in [-0.4, -0.2) is 17.7 Å². The number of piperidine rings is 1. The van der Waals surface area contributed by atoms with Gasteiger partial charge in [-0.25, -0.2) is 0 Å². The Kier molecular flexibility index (Phi) is 5.75. The van der Waals surface area contributed by atoms with Crippen molar-refractivity contribution in [2.75, 3.05) is 5.32 Å². The molecule has 6 heteroatoms. The smallest absolute Gasteiger partial charge is 0.255 e. The quantitative estimate of drug-likeness (QED) is 0.741. The fraction of sp³-hybridized carbons (Fsp3) is 0.333. The molecule has 1 atom stereocenters. The van der Waals surface area contributed by atoms with Gasteiger partial charge in [-0.05, 0) is 62.1 Å². The van der Waals surface area contributed by atoms with Crippen molar-refractivity contribution in [2.24, 2.45) is 0 Å². The molecule has 2 aromatic carbocycles. The molecule has 1 aliphatic rings. The summed E-state index contributed by atoms with van der Waals surface area (Å²) in [7, 11) is 0. The molecule has 0 aliphatic carbocycles. The van der Waals surface area contributed by atoms with Crippen molar-refractivity contribution in [1.29, 1.82) is 5.26 Å². The Morgan fingerprint density at radius 1 is 1.13 bits per heavy atom. The summed E-state index contributed by atoms with van der Waals surface area (Å²) < 4.78 is 0. The van der Waals surface area contributed by atoms with E-state index < -0.39 is 10.8 Å². The lowest BCUT2D eigenvalue weighted by Crippen LogP contribution is -2.51. The van der Waals surface area contributed by atoms with Crippen molar-refractivity contribution in [3.05, 3.63) is 65.2 Å². The summed E-state index contributed by atoms with van der Waals surface area (Å²) in [5.74, 6) is -0.758. The molecule has 0 bridgehead atoms. The van der Waals surface area contributed by atoms with Gasteiger partial charge in [0.1, 0.15) is 0 Å². The molecule has 3 amide bonds. The molecule has 2 N–H and O–H groups in total. The molecule has 0 radical (unpaired) electrons. The lowest BCUT2D eigenvalue weighted by atomic mass is 9.72. The summed E-state index contributed by atoms with van der Waals surface area (Å²) in [5.41, 5.74) is 1.45. The highest BCUT2D eigenvalue weighted by Crippen LogP contribution is 2.36. The Hall–Kier alpha value is -3.46. The summed E-state index contributed by atoms with van der Waals surface area (Å²) >= 11 is 0. The van der Waals surface area contributed by atoms with Gasteiger partial charge in [0, 0.05) is 17.7 Å². The number of nitriles is 1. The van der Waals surface area contributed by atoms with Crippen LogP contribution in [0.2, 0.25) is 0 Å². The van der Waals surface area contributed by atoms with Crippen LogP contribution < -0.4 is 10.6 Å². The van der Waals surface area contributed by atoms with Crippen molar-refractivity contribution in [3.63, 3.8) is 0 Å². The molecule has 0 spiro atoms. The van der Waals surface area contributed by atoms with E-state index in [1.807, 2.05) is 32.9 Å². The number of nitrogens with zero attached hydrogens (tertiary/aromatic N) is 1. The Morgan fingerprint density at radius 3 is 2.30 bits per heavy atom. The van der Waals surface area contributed by atoms with Crippen LogP contribution in [0, 0.1) is 11.3 Å². The maximum Gasteiger partial charge on any atom is 0.255 e. The van der Waals surface area contributed by atoms with E-state index in [2.05, 4.69) is 16.7 Å². The first kappa shape index (κ1) is 21.3. The predicted molar refractivity (Wildman–Crippen MR) is 114 cm³/mol. The maximum atomic E-state index is 12.6. The average molecular weight is 403 g/mol. The second-order valence-corrected chi connectivity index (χ2v) is 8.16. The number of hydrogen-bond donors (Lipinski definition) is 2. The third-order valence-electron chi connectivity index (χ3n) is 5.91. The first-order chi connectivity index (χ1) is 14.2. The SMILES string of the molecule is CC[C@@]1(c2ccc(NC(=O)c3ccc(C(C)(C)C#N)cc3)cc2)CCC(=O)NC1=O. The van der Waals surface area contributed by atoms with Gasteiger partial charge in [0.25, 0.3) is 5.91 Å². The number of amides is 3. The molecule has 1 aliphatic heterocycles. The molecule has 6 nitrogen and oxygen atoms in total. The molecular weight excluding hydrogens is 378 g/mol. The standard InChI is InChI=1S/C24H25N3O3/c1-4-24(14-13-20(28)27-22(24)30)18-9-11-19(12-10-18)26-21(29)16-5-7-17(8-6-16)23(2,3)15-25/h5-12H,4,13-14H2,1-3H3,(H,26,29)(H,27,28,30)/t24-/m0/s1. The second kappa shape index (κ2) is 8.11. The topological polar surface area (TPSA) is 99.1 Å². The Bertz CT molecular complexity index is 1020. The number of hydrogen-bond acceptors (Lipinski definition) is 4. The number of benzene rings is 2. The predicted octanol–water partition coefficient (Wildman–Crippen LogP) is 3.82. The fourth-order valence-electron chi connectivity index (χ4n) is 3.74. The van der Waals surface area contributed by atoms with Gasteiger partial charge in [0.2, 0.25) is 11.8 Å². The van der Waals surface area contributed by atoms with Gasteiger partial charge in [0.15, 0.2) is 0 Å². The van der Waals surface area contributed by atoms with E-state index in [1.54, 1.807) is 36.4 Å². The molecule has 0 unspecified atom stereocenters. The van der Waals surface area contributed by atoms with E-state index in [4.69, 9.17) is 0 Å². The molecule has 1 fully saturated rings. The highest BCUT2D eigenvalue weighted by molar-refractivity contribution is 6.05. The maximum absolute atomic E-state index is 12.6. The highest BCUT2D eigenvalue weighted by Gasteiger charge is 2.42. The van der Waals surface area contributed by atoms with Crippen LogP contribution in [0.5, 0.6) is 0 Å². The van der Waals surface area contributed by atoms with E-state index in [0.29, 0.717) is 30.5 Å². The van der Waals surface area contributed by atoms with Gasteiger partial charge in [-0.3, -0.25) is 19.7 Å². The van der Waals surface area contributed by atoms with Crippen LogP contribution in [0.15, 0.2) is 48.5 Å². The minimum atomic E-state index is -0.722. The zero-order valence-corrected chi connectivity index (χ0v) is 17.4. The highest BCUT2D eigenvalue weighted by atomic mass is 16.2. The molecule has 154 valence electrons. The van der Waals surface area contributed by atoms with Crippen molar-refractivity contribution in [3.8, 4) is 6.07 Å². The third-order valence-corrected chi connectivity index (χ3v) is 5.91. The number of carbonyl (C=O) groups excluding carboxylic acids is 3. The largest absolute Gasteiger partial charge is 0.322 e. The van der Waals surface area contributed by atoms with Gasteiger partial charge in [0.05, 0.1) is 16.9 Å². The van der Waals surface area contributed by atoms with Gasteiger partial charge in [-0.15, -0.1) is 0 Å². The Labute approximate surface area is 176 Å². The Morgan fingerprint density at radius 2 is 1.77 bits per heavy atom. The summed E-state index contributed by atoms with van der Waals surface area (Å²) in [4.78, 5) is 36.6. The van der Waals surface area contributed by atoms with Crippen molar-refractivity contribution in [2.45, 2.75) is 50.9 Å². The summed E-state index contributed by atoms with van der Waals surface area (Å²) in [6.45, 7) is 5.59. The van der Waals surface area contributed by atoms with E-state index in [-0.39, 0.29) is 17.7 Å². The van der Waals surface area contributed by atoms with E-state index >= 15 is 0 Å². The summed E-state index contributed by atoms with van der Waals surface area (Å²) in [5, 5.41) is 14.5. The third kappa shape index (κ3) is 3.97. The van der Waals surface area contributed by atoms with Crippen LogP contribution in [0.25, 0.3) is 0 Å². The summed E-state index contributed by atoms with van der Waals surface area (Å²) in [6, 6.07) is 16.4. The fourth-order valence-corrected chi connectivity index (χ4v) is 3.74. The van der Waals surface area contributed by atoms with Gasteiger partial charge < -0.3 is 5.32 Å². The number of nitrogens with one attached hydrogen (secondary N) is 2. The first-order valence-corrected chi connectivity index (χ1v) is 10.00. The monoisotopic (exact) mass is 403 g/mol. The molecule has 2 aromatic rings. The normalized spacial score (nSPS) is 19.0. The van der Waals surface area contributed by atoms with Gasteiger partial charge >= 0.3 is 0 Å². The minimum Gasteiger partial charge on any atom is -0.322 e. The molecule has 30 heavy (non-hydrogen) atoms. The first-order valence-electron chi connectivity index (χ1n) is 10.00. The number of carbonyl (C=O) groups is 3. The van der Waals surface area contributed by atoms with E-state index in [1.165, 1.54) is 0 Å². The zero-order valence-electron chi connectivity index (χ0n) is 17.4. The number of rotatable bonds is 5. The molecule has 0 saturated carbocycles. The van der Waals surface area contributed by atoms with Crippen LogP contribution >= 0.6 is 0 Å². The van der Waals surface area contributed by atoms with E-state index in [0.717, 1.165) is 11.1 Å². The number of anilines is 1. The van der Waals surface area contributed by atoms with Crippen LogP contribution in [0.1, 0.15) is 61.5 Å². The van der Waals surface area contributed by atoms with Crippen LogP contribution in [0.3, 0.4) is 0 Å². The van der Waals surface area contributed by atoms with Crippen molar-refractivity contribution in [1.82, 2.24) is 5.32 Å². The molecular formula is C24H25N3O3. The van der Waals surface area contributed by atoms with Gasteiger partial charge in [-0.1, -0.05) is 31.2 Å². The lowest BCUT2D eigenvalue weighted by molar-refractivity contribution is -0.138. The molecule has 1 saturated heterocycles. The average Bonchev–Trinajstić information content (AvgIpc) is 2.75. The molecule has 0 aromatic heterocycles. The molecule has 1 heterocycles. The van der Waals surface area contributed by atoms with Crippen molar-refractivity contribution >= 4 is 23.4 Å². The van der Waals surface area contributed by atoms with Gasteiger partial charge in [-0.2, -0.15) is 5.26 Å². The number of imide groups is 1. The van der Waals surface area contributed by atoms with E-state index in [9.17, 15) is 19.6 Å². The lowest BCUT2D eigenvalue weighted by Gasteiger charge is -2.35. The zero-order chi connectivity index (χ0) is 21.9. The van der Waals surface area contributed by atoms with Crippen LogP contribution in [0.4, 0.5) is 5.69 Å². The second-order valence-electron chi connectivity index (χ2n) is 8.16. The summed E-state index contributed by atoms with van der Waals surface area (Å²) in [6.07, 6.45) is 1.38. The Balaban J connectivity index is 1.74.